The van der Waals surface area contributed by atoms with Crippen LogP contribution in [-0.4, -0.2) is 36.5 Å². The number of piperidine rings is 3. The molecule has 5 nitrogen and oxygen atoms in total. The van der Waals surface area contributed by atoms with Crippen LogP contribution < -0.4 is 14.9 Å². The third-order valence-electron chi connectivity index (χ3n) is 5.05. The normalized spacial score (nSPS) is 36.5. The van der Waals surface area contributed by atoms with Gasteiger partial charge in [-0.3, -0.25) is 4.90 Å². The highest BCUT2D eigenvalue weighted by atomic mass is 16.7. The van der Waals surface area contributed by atoms with E-state index in [1.165, 1.54) is 37.2 Å². The lowest BCUT2D eigenvalue weighted by Crippen LogP contribution is -2.56. The van der Waals surface area contributed by atoms with Crippen LogP contribution in [0.1, 0.15) is 24.4 Å². The Bertz CT molecular complexity index is 593. The van der Waals surface area contributed by atoms with Crippen LogP contribution in [0.25, 0.3) is 0 Å². The molecule has 3 fully saturated rings. The number of nitrogens with one attached hydrogen (secondary N) is 1. The average Bonchev–Trinajstić information content (AvgIpc) is 3.15. The minimum atomic E-state index is 0.252. The highest BCUT2D eigenvalue weighted by Crippen LogP contribution is 2.41. The van der Waals surface area contributed by atoms with Crippen molar-refractivity contribution in [2.75, 3.05) is 19.9 Å². The van der Waals surface area contributed by atoms with Gasteiger partial charge >= 0.3 is 0 Å². The van der Waals surface area contributed by atoms with Gasteiger partial charge in [-0.15, -0.1) is 0 Å². The maximum absolute atomic E-state index is 5.50. The molecule has 1 N–H and O–H groups in total. The van der Waals surface area contributed by atoms with E-state index in [0.717, 1.165) is 11.5 Å². The summed E-state index contributed by atoms with van der Waals surface area (Å²) in [6.07, 6.45) is 2.54. The van der Waals surface area contributed by atoms with E-state index in [4.69, 9.17) is 9.47 Å². The van der Waals surface area contributed by atoms with Crippen LogP contribution in [0.4, 0.5) is 0 Å². The van der Waals surface area contributed by atoms with Gasteiger partial charge in [0.15, 0.2) is 11.5 Å². The van der Waals surface area contributed by atoms with Crippen molar-refractivity contribution in [3.05, 3.63) is 23.8 Å². The second-order valence-electron chi connectivity index (χ2n) is 6.01. The fourth-order valence-corrected chi connectivity index (χ4v) is 4.02. The molecule has 5 aliphatic rings. The number of benzene rings is 1. The number of hydrogen-bond donors (Lipinski definition) is 1. The summed E-state index contributed by atoms with van der Waals surface area (Å²) in [7, 11) is 0. The van der Waals surface area contributed by atoms with Gasteiger partial charge in [-0.1, -0.05) is 6.07 Å². The van der Waals surface area contributed by atoms with Gasteiger partial charge in [0, 0.05) is 5.92 Å². The molecule has 20 heavy (non-hydrogen) atoms. The van der Waals surface area contributed by atoms with Gasteiger partial charge in [-0.2, -0.15) is 5.10 Å². The first-order chi connectivity index (χ1) is 9.90. The lowest BCUT2D eigenvalue weighted by Gasteiger charge is -2.45. The molecule has 2 bridgehead atoms. The van der Waals surface area contributed by atoms with Crippen LogP contribution in [0.5, 0.6) is 11.5 Å². The van der Waals surface area contributed by atoms with Crippen molar-refractivity contribution >= 4 is 5.71 Å². The SMILES string of the molecule is c1cc2c(cc1[C@H]1NN=C3C4CCN(CC4)[C@H]31)OCO2. The quantitative estimate of drug-likeness (QED) is 0.841. The number of hydrogen-bond acceptors (Lipinski definition) is 5. The molecule has 3 saturated heterocycles. The molecule has 0 aromatic heterocycles. The fourth-order valence-electron chi connectivity index (χ4n) is 4.02. The summed E-state index contributed by atoms with van der Waals surface area (Å²) in [5.41, 5.74) is 5.96. The van der Waals surface area contributed by atoms with Crippen LogP contribution in [0.2, 0.25) is 0 Å². The molecule has 5 aliphatic heterocycles. The molecule has 0 spiro atoms. The Balaban J connectivity index is 1.51. The monoisotopic (exact) mass is 271 g/mol. The van der Waals surface area contributed by atoms with Crippen molar-refractivity contribution in [1.29, 1.82) is 0 Å². The Morgan fingerprint density at radius 1 is 1.15 bits per heavy atom. The highest BCUT2D eigenvalue weighted by Gasteiger charge is 2.46. The van der Waals surface area contributed by atoms with Gasteiger partial charge < -0.3 is 14.9 Å². The van der Waals surface area contributed by atoms with Gasteiger partial charge in [-0.05, 0) is 43.6 Å². The Labute approximate surface area is 117 Å². The van der Waals surface area contributed by atoms with E-state index in [9.17, 15) is 0 Å². The Morgan fingerprint density at radius 3 is 2.90 bits per heavy atom. The molecule has 5 heterocycles. The molecule has 0 unspecified atom stereocenters. The van der Waals surface area contributed by atoms with Crippen LogP contribution in [0, 0.1) is 5.92 Å². The number of fused-ring (bicyclic) bond motifs is 3. The van der Waals surface area contributed by atoms with E-state index in [1.54, 1.807) is 0 Å². The smallest absolute Gasteiger partial charge is 0.231 e. The maximum atomic E-state index is 5.50. The van der Waals surface area contributed by atoms with Crippen LogP contribution in [-0.2, 0) is 0 Å². The Morgan fingerprint density at radius 2 is 2.00 bits per heavy atom. The lowest BCUT2D eigenvalue weighted by molar-refractivity contribution is 0.133. The zero-order valence-electron chi connectivity index (χ0n) is 11.2. The summed E-state index contributed by atoms with van der Waals surface area (Å²) < 4.78 is 10.9. The first-order valence-electron chi connectivity index (χ1n) is 7.37. The predicted octanol–water partition coefficient (Wildman–Crippen LogP) is 1.51. The van der Waals surface area contributed by atoms with Crippen LogP contribution >= 0.6 is 0 Å². The standard InChI is InChI=1S/C15H17N3O2/c1-2-11-12(20-8-19-11)7-10(1)14-15-13(16-17-14)9-3-5-18(15)6-4-9/h1-2,7,9,14-15,17H,3-6,8H2/t14-,15-/m1/s1. The molecular formula is C15H17N3O2. The number of hydrazone groups is 1. The van der Waals surface area contributed by atoms with E-state index in [-0.39, 0.29) is 6.04 Å². The predicted molar refractivity (Wildman–Crippen MR) is 74.0 cm³/mol. The zero-order valence-corrected chi connectivity index (χ0v) is 11.2. The van der Waals surface area contributed by atoms with Gasteiger partial charge in [0.1, 0.15) is 0 Å². The number of nitrogens with zero attached hydrogens (tertiary/aromatic N) is 2. The van der Waals surface area contributed by atoms with Crippen molar-refractivity contribution in [1.82, 2.24) is 10.3 Å². The largest absolute Gasteiger partial charge is 0.454 e. The van der Waals surface area contributed by atoms with Crippen LogP contribution in [0.3, 0.4) is 0 Å². The molecular weight excluding hydrogens is 254 g/mol. The van der Waals surface area contributed by atoms with Gasteiger partial charge in [0.25, 0.3) is 0 Å². The van der Waals surface area contributed by atoms with E-state index in [2.05, 4.69) is 27.6 Å². The fraction of sp³-hybridized carbons (Fsp3) is 0.533. The first-order valence-corrected chi connectivity index (χ1v) is 7.37. The topological polar surface area (TPSA) is 46.1 Å². The molecule has 2 atom stereocenters. The third-order valence-corrected chi connectivity index (χ3v) is 5.05. The Hall–Kier alpha value is -1.75. The molecule has 0 aliphatic carbocycles. The minimum Gasteiger partial charge on any atom is -0.454 e. The van der Waals surface area contributed by atoms with Crippen molar-refractivity contribution < 1.29 is 9.47 Å². The molecule has 104 valence electrons. The second-order valence-corrected chi connectivity index (χ2v) is 6.01. The van der Waals surface area contributed by atoms with E-state index in [0.29, 0.717) is 18.8 Å². The first kappa shape index (κ1) is 11.0. The minimum absolute atomic E-state index is 0.252. The molecule has 5 heteroatoms. The number of ether oxygens (including phenoxy) is 2. The van der Waals surface area contributed by atoms with E-state index >= 15 is 0 Å². The Kier molecular flexibility index (Phi) is 2.13. The van der Waals surface area contributed by atoms with Crippen molar-refractivity contribution in [2.24, 2.45) is 11.0 Å². The second kappa shape index (κ2) is 3.88. The molecule has 1 aromatic carbocycles. The van der Waals surface area contributed by atoms with Gasteiger partial charge in [0.2, 0.25) is 6.79 Å². The number of rotatable bonds is 1. The summed E-state index contributed by atoms with van der Waals surface area (Å²) in [6, 6.07) is 6.92. The zero-order chi connectivity index (χ0) is 13.1. The van der Waals surface area contributed by atoms with Crippen molar-refractivity contribution in [3.8, 4) is 11.5 Å². The van der Waals surface area contributed by atoms with Gasteiger partial charge in [0.05, 0.1) is 17.8 Å². The van der Waals surface area contributed by atoms with E-state index < -0.39 is 0 Å². The summed E-state index contributed by atoms with van der Waals surface area (Å²) in [5.74, 6) is 2.39. The molecule has 0 radical (unpaired) electrons. The van der Waals surface area contributed by atoms with Crippen molar-refractivity contribution in [3.63, 3.8) is 0 Å². The van der Waals surface area contributed by atoms with Crippen molar-refractivity contribution in [2.45, 2.75) is 24.9 Å². The van der Waals surface area contributed by atoms with Gasteiger partial charge in [-0.25, -0.2) is 0 Å². The maximum Gasteiger partial charge on any atom is 0.231 e. The average molecular weight is 271 g/mol. The summed E-state index contributed by atoms with van der Waals surface area (Å²) in [5, 5.41) is 4.64. The van der Waals surface area contributed by atoms with E-state index in [1.807, 2.05) is 6.07 Å². The molecule has 0 saturated carbocycles. The third kappa shape index (κ3) is 1.38. The molecule has 1 aromatic rings. The summed E-state index contributed by atoms with van der Waals surface area (Å²) in [6.45, 7) is 2.74. The lowest BCUT2D eigenvalue weighted by atomic mass is 9.78. The van der Waals surface area contributed by atoms with Crippen LogP contribution in [0.15, 0.2) is 23.3 Å². The molecule has 6 rings (SSSR count). The summed E-state index contributed by atoms with van der Waals surface area (Å²) >= 11 is 0. The molecule has 0 amide bonds. The summed E-state index contributed by atoms with van der Waals surface area (Å²) in [4.78, 5) is 2.58. The highest BCUT2D eigenvalue weighted by molar-refractivity contribution is 5.95.